The third-order valence-electron chi connectivity index (χ3n) is 12.3. The van der Waals surface area contributed by atoms with Crippen LogP contribution in [-0.2, 0) is 36.1 Å². The van der Waals surface area contributed by atoms with E-state index < -0.39 is 18.2 Å². The fourth-order valence-corrected chi connectivity index (χ4v) is 9.07. The van der Waals surface area contributed by atoms with Crippen LogP contribution in [-0.4, -0.2) is 127 Å². The van der Waals surface area contributed by atoms with E-state index in [1.807, 2.05) is 72.3 Å². The number of pyridine rings is 1. The third-order valence-corrected chi connectivity index (χ3v) is 12.3. The number of amides is 5. The first-order valence-corrected chi connectivity index (χ1v) is 21.5. The predicted molar refractivity (Wildman–Crippen MR) is 243 cm³/mol. The van der Waals surface area contributed by atoms with E-state index in [1.165, 1.54) is 0 Å². The van der Waals surface area contributed by atoms with Crippen molar-refractivity contribution >= 4 is 46.2 Å². The lowest BCUT2D eigenvalue weighted by atomic mass is 9.98. The highest BCUT2D eigenvalue weighted by molar-refractivity contribution is 6.13. The molecule has 3 aromatic carbocycles. The zero-order valence-corrected chi connectivity index (χ0v) is 36.4. The number of urea groups is 1. The lowest BCUT2D eigenvalue weighted by Gasteiger charge is -2.55. The summed E-state index contributed by atoms with van der Waals surface area (Å²) in [5, 5.41) is 20.0. The van der Waals surface area contributed by atoms with Gasteiger partial charge in [0.05, 0.1) is 36.1 Å². The predicted octanol–water partition coefficient (Wildman–Crippen LogP) is 5.19. The van der Waals surface area contributed by atoms with Gasteiger partial charge in [0.2, 0.25) is 11.8 Å². The summed E-state index contributed by atoms with van der Waals surface area (Å²) >= 11 is 0. The van der Waals surface area contributed by atoms with Crippen LogP contribution >= 0.6 is 0 Å². The van der Waals surface area contributed by atoms with Crippen LogP contribution in [0.2, 0.25) is 0 Å². The van der Waals surface area contributed by atoms with Gasteiger partial charge in [-0.05, 0) is 61.7 Å². The Bertz CT molecular complexity index is 2480. The van der Waals surface area contributed by atoms with Crippen molar-refractivity contribution in [1.29, 1.82) is 0 Å². The number of rotatable bonds is 11. The molecule has 3 fully saturated rings. The number of carbonyl (C=O) groups is 4. The van der Waals surface area contributed by atoms with Crippen LogP contribution in [0, 0.1) is 0 Å². The molecule has 5 aromatic rings. The molecule has 15 heteroatoms. The number of hydrazine groups is 1. The molecule has 8 rings (SSSR count). The second-order valence-corrected chi connectivity index (χ2v) is 17.5. The summed E-state index contributed by atoms with van der Waals surface area (Å²) in [5.41, 5.74) is 4.41. The lowest BCUT2D eigenvalue weighted by Crippen LogP contribution is -2.76. The van der Waals surface area contributed by atoms with E-state index in [4.69, 9.17) is 4.98 Å². The number of phenolic OH excluding ortho intramolecular Hbond substituents is 1. The molecule has 15 nitrogen and oxygen atoms in total. The molecule has 0 spiro atoms. The van der Waals surface area contributed by atoms with Crippen LogP contribution < -0.4 is 15.5 Å². The lowest BCUT2D eigenvalue weighted by molar-refractivity contribution is -0.189. The van der Waals surface area contributed by atoms with Gasteiger partial charge in [0, 0.05) is 76.4 Å². The molecular weight excluding hydrogens is 797 g/mol. The Morgan fingerprint density at radius 1 is 0.921 bits per heavy atom. The molecule has 328 valence electrons. The van der Waals surface area contributed by atoms with E-state index in [0.29, 0.717) is 16.6 Å². The van der Waals surface area contributed by atoms with E-state index in [2.05, 4.69) is 47.8 Å². The summed E-state index contributed by atoms with van der Waals surface area (Å²) in [6.07, 6.45) is 4.45. The normalized spacial score (nSPS) is 18.7. The van der Waals surface area contributed by atoms with Gasteiger partial charge in [0.1, 0.15) is 23.8 Å². The SMILES string of the molecule is C=CCN1CC(=O)N2C(Cc3ccc(O)cc3)C(=O)N(Cc3cccc4c(C(=O)Nc5ccc(N6CCN(C(C)(C)C)CC6)nc5)cn(C)c34)CC2N1C(=O)NCc1ccccc1. The van der Waals surface area contributed by atoms with E-state index in [1.54, 1.807) is 62.6 Å². The first-order valence-electron chi connectivity index (χ1n) is 21.5. The Labute approximate surface area is 368 Å². The van der Waals surface area contributed by atoms with Gasteiger partial charge in [-0.15, -0.1) is 6.58 Å². The van der Waals surface area contributed by atoms with Gasteiger partial charge >= 0.3 is 6.03 Å². The Balaban J connectivity index is 1.05. The molecule has 0 aliphatic carbocycles. The fraction of sp³-hybridized carbons (Fsp3) is 0.354. The van der Waals surface area contributed by atoms with Crippen LogP contribution in [0.25, 0.3) is 10.9 Å². The molecule has 63 heavy (non-hydrogen) atoms. The van der Waals surface area contributed by atoms with E-state index in [0.717, 1.165) is 54.2 Å². The Morgan fingerprint density at radius 2 is 1.67 bits per heavy atom. The minimum Gasteiger partial charge on any atom is -0.508 e. The van der Waals surface area contributed by atoms with Gasteiger partial charge < -0.3 is 35.0 Å². The molecule has 3 aliphatic rings. The first-order chi connectivity index (χ1) is 30.3. The summed E-state index contributed by atoms with van der Waals surface area (Å²) in [6, 6.07) is 24.3. The summed E-state index contributed by atoms with van der Waals surface area (Å²) in [7, 11) is 1.87. The summed E-state index contributed by atoms with van der Waals surface area (Å²) in [6.45, 7) is 14.8. The highest BCUT2D eigenvalue weighted by atomic mass is 16.3. The minimum absolute atomic E-state index is 0.0342. The number of piperazine rings is 2. The molecular formula is C48H56N10O5. The van der Waals surface area contributed by atoms with Crippen molar-refractivity contribution in [2.24, 2.45) is 7.05 Å². The molecule has 0 radical (unpaired) electrons. The molecule has 5 amide bonds. The molecule has 5 heterocycles. The van der Waals surface area contributed by atoms with Crippen molar-refractivity contribution < 1.29 is 24.3 Å². The number of aromatic hydroxyl groups is 1. The summed E-state index contributed by atoms with van der Waals surface area (Å²) < 4.78 is 1.89. The van der Waals surface area contributed by atoms with Crippen molar-refractivity contribution in [2.45, 2.75) is 58.0 Å². The second kappa shape index (κ2) is 17.9. The number of carbonyl (C=O) groups excluding carboxylic acids is 4. The maximum atomic E-state index is 14.8. The number of aryl methyl sites for hydroxylation is 1. The van der Waals surface area contributed by atoms with Gasteiger partial charge in [0.25, 0.3) is 5.91 Å². The van der Waals surface area contributed by atoms with Crippen molar-refractivity contribution in [1.82, 2.24) is 39.6 Å². The summed E-state index contributed by atoms with van der Waals surface area (Å²) in [5.74, 6) is 0.118. The zero-order valence-electron chi connectivity index (χ0n) is 36.4. The number of anilines is 2. The Kier molecular flexibility index (Phi) is 12.2. The van der Waals surface area contributed by atoms with Crippen molar-refractivity contribution in [3.05, 3.63) is 132 Å². The van der Waals surface area contributed by atoms with E-state index in [9.17, 15) is 24.3 Å². The van der Waals surface area contributed by atoms with Crippen molar-refractivity contribution in [3.63, 3.8) is 0 Å². The minimum atomic E-state index is -0.946. The maximum Gasteiger partial charge on any atom is 0.334 e. The molecule has 0 saturated carbocycles. The number of hydrogen-bond acceptors (Lipinski definition) is 9. The Hall–Kier alpha value is -6.71. The molecule has 0 bridgehead atoms. The molecule has 2 atom stereocenters. The third kappa shape index (κ3) is 9.11. The van der Waals surface area contributed by atoms with Crippen LogP contribution in [0.3, 0.4) is 0 Å². The number of aromatic nitrogens is 2. The zero-order chi connectivity index (χ0) is 44.4. The van der Waals surface area contributed by atoms with Crippen LogP contribution in [0.4, 0.5) is 16.3 Å². The van der Waals surface area contributed by atoms with Crippen LogP contribution in [0.15, 0.2) is 110 Å². The number of phenols is 1. The molecule has 2 unspecified atom stereocenters. The summed E-state index contributed by atoms with van der Waals surface area (Å²) in [4.78, 5) is 69.7. The van der Waals surface area contributed by atoms with Crippen LogP contribution in [0.5, 0.6) is 5.75 Å². The standard InChI is InChI=1S/C48H56N10O5/c1-6-21-56-32-43(60)57-40(26-33-15-18-37(59)19-16-33)46(62)54(31-42(57)58(56)47(63)50-27-34-11-8-7-9-12-34)29-35-13-10-14-38-39(30-52(5)44(35)38)45(61)51-36-17-20-41(49-28-36)53-22-24-55(25-23-53)48(2,3)4/h6-20,28,30,40,42,59H,1,21-27,29,31-32H2,2-5H3,(H,50,63)(H,51,61). The van der Waals surface area contributed by atoms with Gasteiger partial charge in [-0.2, -0.15) is 0 Å². The quantitative estimate of drug-likeness (QED) is 0.153. The van der Waals surface area contributed by atoms with Crippen molar-refractivity contribution in [3.8, 4) is 5.75 Å². The largest absolute Gasteiger partial charge is 0.508 e. The first kappa shape index (κ1) is 43.0. The number of fused-ring (bicyclic) bond motifs is 2. The van der Waals surface area contributed by atoms with E-state index in [-0.39, 0.29) is 68.2 Å². The number of hydrogen-bond donors (Lipinski definition) is 3. The molecule has 3 N–H and O–H groups in total. The van der Waals surface area contributed by atoms with Crippen LogP contribution in [0.1, 0.15) is 47.8 Å². The van der Waals surface area contributed by atoms with Gasteiger partial charge in [-0.1, -0.05) is 66.7 Å². The smallest absolute Gasteiger partial charge is 0.334 e. The maximum absolute atomic E-state index is 14.8. The fourth-order valence-electron chi connectivity index (χ4n) is 9.07. The average molecular weight is 853 g/mol. The molecule has 3 aliphatic heterocycles. The van der Waals surface area contributed by atoms with Crippen molar-refractivity contribution in [2.75, 3.05) is 56.0 Å². The highest BCUT2D eigenvalue weighted by Gasteiger charge is 2.51. The number of benzene rings is 3. The number of nitrogens with zero attached hydrogens (tertiary/aromatic N) is 8. The van der Waals surface area contributed by atoms with Gasteiger partial charge in [-0.25, -0.2) is 19.8 Å². The average Bonchev–Trinajstić information content (AvgIpc) is 3.62. The topological polar surface area (TPSA) is 150 Å². The molecule has 3 saturated heterocycles. The monoisotopic (exact) mass is 852 g/mol. The second-order valence-electron chi connectivity index (χ2n) is 17.5. The number of para-hydroxylation sites is 1. The molecule has 2 aromatic heterocycles. The van der Waals surface area contributed by atoms with Gasteiger partial charge in [0.15, 0.2) is 0 Å². The Morgan fingerprint density at radius 3 is 2.35 bits per heavy atom. The van der Waals surface area contributed by atoms with E-state index >= 15 is 0 Å². The highest BCUT2D eigenvalue weighted by Crippen LogP contribution is 2.32. The number of nitrogens with one attached hydrogen (secondary N) is 2. The van der Waals surface area contributed by atoms with Gasteiger partial charge in [-0.3, -0.25) is 19.3 Å².